The fraction of sp³-hybridized carbons (Fsp3) is 0.889. The predicted octanol–water partition coefficient (Wildman–Crippen LogP) is 2.20. The maximum atomic E-state index is 11.2. The van der Waals surface area contributed by atoms with Gasteiger partial charge in [-0.05, 0) is 20.3 Å². The van der Waals surface area contributed by atoms with Crippen LogP contribution in [0.5, 0.6) is 0 Å². The molecule has 0 saturated carbocycles. The van der Waals surface area contributed by atoms with Crippen molar-refractivity contribution in [1.82, 2.24) is 5.73 Å². The van der Waals surface area contributed by atoms with E-state index in [1.165, 1.54) is 0 Å². The zero-order valence-electron chi connectivity index (χ0n) is 7.74. The van der Waals surface area contributed by atoms with Crippen LogP contribution in [0.3, 0.4) is 0 Å². The molecular weight excluding hydrogens is 138 g/mol. The molecule has 0 aliphatic carbocycles. The van der Waals surface area contributed by atoms with Crippen LogP contribution in [0.15, 0.2) is 0 Å². The summed E-state index contributed by atoms with van der Waals surface area (Å²) in [6, 6.07) is 0. The predicted molar refractivity (Wildman–Crippen MR) is 46.3 cm³/mol. The highest BCUT2D eigenvalue weighted by atomic mass is 16.1. The van der Waals surface area contributed by atoms with Gasteiger partial charge in [-0.15, -0.1) is 0 Å². The van der Waals surface area contributed by atoms with Gasteiger partial charge in [0.25, 0.3) is 0 Å². The Hall–Kier alpha value is -0.370. The standard InChI is InChI=1S/C9H18NO/c1-4-5-6-7-8(11)9(2,3)10/h10H,4-7H2,1-3H3. The third-order valence-electron chi connectivity index (χ3n) is 1.70. The van der Waals surface area contributed by atoms with Crippen LogP contribution in [0.2, 0.25) is 0 Å². The zero-order valence-corrected chi connectivity index (χ0v) is 7.74. The second-order valence-electron chi connectivity index (χ2n) is 3.51. The lowest BCUT2D eigenvalue weighted by molar-refractivity contribution is -0.123. The van der Waals surface area contributed by atoms with Gasteiger partial charge >= 0.3 is 0 Å². The monoisotopic (exact) mass is 156 g/mol. The summed E-state index contributed by atoms with van der Waals surface area (Å²) in [5.41, 5.74) is 6.54. The molecule has 0 unspecified atom stereocenters. The maximum absolute atomic E-state index is 11.2. The molecule has 0 aliphatic rings. The van der Waals surface area contributed by atoms with Crippen LogP contribution in [0.4, 0.5) is 0 Å². The first-order chi connectivity index (χ1) is 4.98. The summed E-state index contributed by atoms with van der Waals surface area (Å²) in [5.74, 6) is 0.0611. The highest BCUT2D eigenvalue weighted by molar-refractivity contribution is 5.86. The van der Waals surface area contributed by atoms with E-state index in [0.29, 0.717) is 6.42 Å². The molecule has 0 atom stereocenters. The Labute approximate surface area is 69.2 Å². The first-order valence-electron chi connectivity index (χ1n) is 4.26. The van der Waals surface area contributed by atoms with Crippen molar-refractivity contribution in [2.45, 2.75) is 52.0 Å². The maximum Gasteiger partial charge on any atom is 0.153 e. The molecule has 0 aromatic rings. The molecule has 0 bridgehead atoms. The minimum absolute atomic E-state index is 0.0611. The number of nitrogens with one attached hydrogen (secondary N) is 1. The number of rotatable bonds is 5. The zero-order chi connectivity index (χ0) is 8.91. The molecule has 0 amide bonds. The third-order valence-corrected chi connectivity index (χ3v) is 1.70. The number of carbonyl (C=O) groups excluding carboxylic acids is 1. The first-order valence-corrected chi connectivity index (χ1v) is 4.26. The van der Waals surface area contributed by atoms with Gasteiger partial charge in [-0.1, -0.05) is 19.8 Å². The summed E-state index contributed by atoms with van der Waals surface area (Å²) in [6.07, 6.45) is 3.75. The average molecular weight is 156 g/mol. The molecule has 0 heterocycles. The van der Waals surface area contributed by atoms with E-state index in [-0.39, 0.29) is 5.78 Å². The van der Waals surface area contributed by atoms with Crippen LogP contribution in [0.25, 0.3) is 0 Å². The summed E-state index contributed by atoms with van der Waals surface area (Å²) < 4.78 is 0. The van der Waals surface area contributed by atoms with Gasteiger partial charge in [0, 0.05) is 6.42 Å². The van der Waals surface area contributed by atoms with E-state index in [2.05, 4.69) is 6.92 Å². The van der Waals surface area contributed by atoms with Gasteiger partial charge in [0.05, 0.1) is 5.54 Å². The summed E-state index contributed by atoms with van der Waals surface area (Å²) >= 11 is 0. The van der Waals surface area contributed by atoms with E-state index in [9.17, 15) is 4.79 Å². The van der Waals surface area contributed by atoms with E-state index in [1.807, 2.05) is 0 Å². The molecule has 0 aromatic carbocycles. The lowest BCUT2D eigenvalue weighted by Gasteiger charge is -2.14. The average Bonchev–Trinajstić information content (AvgIpc) is 1.86. The highest BCUT2D eigenvalue weighted by Crippen LogP contribution is 2.08. The van der Waals surface area contributed by atoms with Crippen LogP contribution in [0.1, 0.15) is 46.5 Å². The number of ketones is 1. The largest absolute Gasteiger partial charge is 0.298 e. The van der Waals surface area contributed by atoms with Gasteiger partial charge in [-0.2, -0.15) is 0 Å². The Morgan fingerprint density at radius 2 is 1.91 bits per heavy atom. The van der Waals surface area contributed by atoms with E-state index < -0.39 is 5.54 Å². The molecule has 1 N–H and O–H groups in total. The van der Waals surface area contributed by atoms with Crippen molar-refractivity contribution >= 4 is 5.78 Å². The normalized spacial score (nSPS) is 11.6. The molecule has 2 heteroatoms. The van der Waals surface area contributed by atoms with Crippen molar-refractivity contribution in [2.24, 2.45) is 0 Å². The highest BCUT2D eigenvalue weighted by Gasteiger charge is 2.21. The molecule has 1 radical (unpaired) electrons. The van der Waals surface area contributed by atoms with Crippen molar-refractivity contribution in [1.29, 1.82) is 0 Å². The van der Waals surface area contributed by atoms with Crippen molar-refractivity contribution in [3.63, 3.8) is 0 Å². The van der Waals surface area contributed by atoms with Gasteiger partial charge in [0.2, 0.25) is 0 Å². The molecule has 2 nitrogen and oxygen atoms in total. The Bertz CT molecular complexity index is 124. The third kappa shape index (κ3) is 4.96. The van der Waals surface area contributed by atoms with Gasteiger partial charge in [0.15, 0.2) is 5.78 Å². The molecule has 0 aliphatic heterocycles. The molecule has 0 aromatic heterocycles. The van der Waals surface area contributed by atoms with Gasteiger partial charge in [-0.25, -0.2) is 5.73 Å². The molecule has 0 fully saturated rings. The Kier molecular flexibility index (Phi) is 4.34. The van der Waals surface area contributed by atoms with E-state index in [0.717, 1.165) is 19.3 Å². The fourth-order valence-electron chi connectivity index (χ4n) is 0.848. The van der Waals surface area contributed by atoms with Crippen LogP contribution >= 0.6 is 0 Å². The minimum atomic E-state index is -0.881. The molecule has 11 heavy (non-hydrogen) atoms. The Morgan fingerprint density at radius 1 is 1.36 bits per heavy atom. The van der Waals surface area contributed by atoms with E-state index >= 15 is 0 Å². The molecule has 0 saturated heterocycles. The van der Waals surface area contributed by atoms with E-state index in [1.54, 1.807) is 13.8 Å². The van der Waals surface area contributed by atoms with E-state index in [4.69, 9.17) is 5.73 Å². The van der Waals surface area contributed by atoms with Crippen LogP contribution in [0, 0.1) is 0 Å². The van der Waals surface area contributed by atoms with Gasteiger partial charge in [-0.3, -0.25) is 4.79 Å². The minimum Gasteiger partial charge on any atom is -0.298 e. The summed E-state index contributed by atoms with van der Waals surface area (Å²) in [4.78, 5) is 11.2. The number of carbonyl (C=O) groups is 1. The molecular formula is C9H18NO. The van der Waals surface area contributed by atoms with Crippen molar-refractivity contribution < 1.29 is 4.79 Å². The van der Waals surface area contributed by atoms with Crippen LogP contribution in [-0.2, 0) is 4.79 Å². The van der Waals surface area contributed by atoms with Crippen molar-refractivity contribution in [2.75, 3.05) is 0 Å². The second kappa shape index (κ2) is 4.50. The number of unbranched alkanes of at least 4 members (excludes halogenated alkanes) is 2. The van der Waals surface area contributed by atoms with Gasteiger partial charge < -0.3 is 0 Å². The first kappa shape index (κ1) is 10.6. The quantitative estimate of drug-likeness (QED) is 0.562. The Morgan fingerprint density at radius 3 is 2.27 bits per heavy atom. The lowest BCUT2D eigenvalue weighted by Crippen LogP contribution is -2.32. The number of hydrogen-bond acceptors (Lipinski definition) is 1. The lowest BCUT2D eigenvalue weighted by atomic mass is 9.96. The second-order valence-corrected chi connectivity index (χ2v) is 3.51. The Balaban J connectivity index is 3.54. The summed E-state index contributed by atoms with van der Waals surface area (Å²) in [7, 11) is 0. The van der Waals surface area contributed by atoms with Crippen LogP contribution in [-0.4, -0.2) is 11.3 Å². The SMILES string of the molecule is CCCCCC(=O)C(C)(C)[NH]. The molecule has 0 rings (SSSR count). The number of hydrogen-bond donors (Lipinski definition) is 0. The summed E-state index contributed by atoms with van der Waals surface area (Å²) in [6.45, 7) is 5.42. The topological polar surface area (TPSA) is 40.9 Å². The smallest absolute Gasteiger partial charge is 0.153 e. The van der Waals surface area contributed by atoms with Crippen molar-refractivity contribution in [3.05, 3.63) is 0 Å². The van der Waals surface area contributed by atoms with Gasteiger partial charge in [0.1, 0.15) is 0 Å². The van der Waals surface area contributed by atoms with Crippen LogP contribution < -0.4 is 5.73 Å². The fourth-order valence-corrected chi connectivity index (χ4v) is 0.848. The summed E-state index contributed by atoms with van der Waals surface area (Å²) in [5, 5.41) is 0. The molecule has 0 spiro atoms. The van der Waals surface area contributed by atoms with Crippen molar-refractivity contribution in [3.8, 4) is 0 Å². The molecule has 65 valence electrons. The number of Topliss-reactive ketones (excluding diaryl/α,β-unsaturated/α-hetero) is 1.